The van der Waals surface area contributed by atoms with Crippen molar-refractivity contribution < 1.29 is 9.59 Å². The van der Waals surface area contributed by atoms with Gasteiger partial charge in [0.2, 0.25) is 0 Å². The summed E-state index contributed by atoms with van der Waals surface area (Å²) in [6, 6.07) is 7.18. The van der Waals surface area contributed by atoms with Crippen molar-refractivity contribution in [1.29, 1.82) is 0 Å². The van der Waals surface area contributed by atoms with Crippen LogP contribution in [-0.2, 0) is 9.59 Å². The van der Waals surface area contributed by atoms with Crippen LogP contribution in [0.5, 0.6) is 0 Å². The van der Waals surface area contributed by atoms with E-state index in [1.54, 1.807) is 12.1 Å². The van der Waals surface area contributed by atoms with E-state index in [0.717, 1.165) is 24.8 Å². The number of carbonyl (C=O) groups is 2. The zero-order valence-electron chi connectivity index (χ0n) is 14.8. The summed E-state index contributed by atoms with van der Waals surface area (Å²) in [7, 11) is 0. The fourth-order valence-corrected chi connectivity index (χ4v) is 4.25. The Balaban J connectivity index is 1.77. The van der Waals surface area contributed by atoms with Gasteiger partial charge in [0.05, 0.1) is 10.7 Å². The molecule has 0 heterocycles. The molecule has 1 amide bonds. The third-order valence-electron chi connectivity index (χ3n) is 5.78. The quantitative estimate of drug-likeness (QED) is 0.758. The predicted molar refractivity (Wildman–Crippen MR) is 102 cm³/mol. The number of hydrogen-bond acceptors (Lipinski definition) is 2. The van der Waals surface area contributed by atoms with Crippen LogP contribution in [0.1, 0.15) is 39.5 Å². The van der Waals surface area contributed by atoms with Crippen molar-refractivity contribution in [2.45, 2.75) is 39.5 Å². The number of hydrogen-bond donors (Lipinski definition) is 1. The van der Waals surface area contributed by atoms with Crippen LogP contribution in [0.25, 0.3) is 0 Å². The standard InChI is InChI=1S/C21H24ClNO2/c1-12-8-9-15(10-17-14(3)20(24)11-16(12)17)13(2)21(25)23-19-7-5-4-6-18(19)22/h4-7,12,15-16H,2,8-11H2,1,3H3,(H,23,25)/t12?,15-,16-/m0/s1. The highest BCUT2D eigenvalue weighted by molar-refractivity contribution is 6.33. The molecule has 132 valence electrons. The van der Waals surface area contributed by atoms with Gasteiger partial charge in [0.25, 0.3) is 5.91 Å². The predicted octanol–water partition coefficient (Wildman–Crippen LogP) is 5.18. The van der Waals surface area contributed by atoms with Crippen molar-refractivity contribution in [2.75, 3.05) is 5.32 Å². The number of anilines is 1. The Morgan fingerprint density at radius 1 is 1.24 bits per heavy atom. The minimum Gasteiger partial charge on any atom is -0.321 e. The molecule has 1 aromatic rings. The van der Waals surface area contributed by atoms with Crippen molar-refractivity contribution in [1.82, 2.24) is 0 Å². The Kier molecular flexibility index (Phi) is 5.14. The smallest absolute Gasteiger partial charge is 0.251 e. The average Bonchev–Trinajstić information content (AvgIpc) is 2.77. The van der Waals surface area contributed by atoms with Gasteiger partial charge in [0.1, 0.15) is 0 Å². The first kappa shape index (κ1) is 17.9. The topological polar surface area (TPSA) is 46.2 Å². The van der Waals surface area contributed by atoms with Gasteiger partial charge in [-0.1, -0.05) is 42.8 Å². The van der Waals surface area contributed by atoms with E-state index in [1.165, 1.54) is 5.57 Å². The molecule has 0 radical (unpaired) electrons. The lowest BCUT2D eigenvalue weighted by Gasteiger charge is -2.19. The van der Waals surface area contributed by atoms with Gasteiger partial charge >= 0.3 is 0 Å². The minimum absolute atomic E-state index is 0.0748. The van der Waals surface area contributed by atoms with E-state index >= 15 is 0 Å². The second-order valence-electron chi connectivity index (χ2n) is 7.30. The first-order chi connectivity index (χ1) is 11.9. The number of allylic oxidation sites excluding steroid dienone is 2. The Bertz CT molecular complexity index is 765. The molecule has 0 spiro atoms. The second-order valence-corrected chi connectivity index (χ2v) is 7.71. The maximum absolute atomic E-state index is 12.6. The van der Waals surface area contributed by atoms with Crippen LogP contribution in [0, 0.1) is 17.8 Å². The number of Topliss-reactive ketones (excluding diaryl/α,β-unsaturated/α-hetero) is 1. The number of benzene rings is 1. The lowest BCUT2D eigenvalue weighted by atomic mass is 9.86. The molecule has 1 N–H and O–H groups in total. The van der Waals surface area contributed by atoms with Crippen molar-refractivity contribution >= 4 is 29.0 Å². The maximum atomic E-state index is 12.6. The summed E-state index contributed by atoms with van der Waals surface area (Å²) in [6.45, 7) is 8.21. The number of rotatable bonds is 3. The van der Waals surface area contributed by atoms with E-state index in [9.17, 15) is 9.59 Å². The highest BCUT2D eigenvalue weighted by Crippen LogP contribution is 2.45. The number of ketones is 1. The zero-order chi connectivity index (χ0) is 18.1. The number of para-hydroxylation sites is 1. The van der Waals surface area contributed by atoms with Crippen LogP contribution in [0.4, 0.5) is 5.69 Å². The van der Waals surface area contributed by atoms with Crippen LogP contribution in [0.3, 0.4) is 0 Å². The SMILES string of the molecule is C=C(C(=O)Nc1ccccc1Cl)[C@H]1CCC(C)[C@@H]2CC(=O)C(C)=C2C1. The molecule has 0 saturated heterocycles. The lowest BCUT2D eigenvalue weighted by Crippen LogP contribution is -2.20. The Hall–Kier alpha value is -1.87. The van der Waals surface area contributed by atoms with Crippen LogP contribution < -0.4 is 5.32 Å². The first-order valence-corrected chi connectivity index (χ1v) is 9.23. The number of nitrogens with one attached hydrogen (secondary N) is 1. The van der Waals surface area contributed by atoms with Gasteiger partial charge in [-0.25, -0.2) is 0 Å². The van der Waals surface area contributed by atoms with E-state index in [-0.39, 0.29) is 17.6 Å². The summed E-state index contributed by atoms with van der Waals surface area (Å²) >= 11 is 6.12. The molecular weight excluding hydrogens is 334 g/mol. The van der Waals surface area contributed by atoms with Crippen LogP contribution in [0.2, 0.25) is 5.02 Å². The summed E-state index contributed by atoms with van der Waals surface area (Å²) in [5.74, 6) is 0.967. The van der Waals surface area contributed by atoms with Gasteiger partial charge in [-0.2, -0.15) is 0 Å². The van der Waals surface area contributed by atoms with Gasteiger partial charge in [-0.3, -0.25) is 9.59 Å². The van der Waals surface area contributed by atoms with E-state index < -0.39 is 0 Å². The molecule has 1 fully saturated rings. The first-order valence-electron chi connectivity index (χ1n) is 8.86. The molecule has 1 unspecified atom stereocenters. The number of amides is 1. The summed E-state index contributed by atoms with van der Waals surface area (Å²) in [4.78, 5) is 24.8. The van der Waals surface area contributed by atoms with Gasteiger partial charge in [0, 0.05) is 12.0 Å². The van der Waals surface area contributed by atoms with Crippen molar-refractivity contribution in [3.05, 3.63) is 52.6 Å². The number of carbonyl (C=O) groups excluding carboxylic acids is 2. The Morgan fingerprint density at radius 3 is 2.68 bits per heavy atom. The third kappa shape index (κ3) is 3.57. The van der Waals surface area contributed by atoms with Gasteiger partial charge in [-0.15, -0.1) is 0 Å². The fourth-order valence-electron chi connectivity index (χ4n) is 4.06. The molecule has 0 bridgehead atoms. The molecule has 1 aromatic carbocycles. The second kappa shape index (κ2) is 7.17. The summed E-state index contributed by atoms with van der Waals surface area (Å²) < 4.78 is 0. The Labute approximate surface area is 154 Å². The molecular formula is C21H24ClNO2. The van der Waals surface area contributed by atoms with E-state index in [1.807, 2.05) is 19.1 Å². The maximum Gasteiger partial charge on any atom is 0.251 e. The van der Waals surface area contributed by atoms with Crippen LogP contribution in [-0.4, -0.2) is 11.7 Å². The minimum atomic E-state index is -0.188. The molecule has 4 heteroatoms. The van der Waals surface area contributed by atoms with E-state index in [4.69, 9.17) is 11.6 Å². The van der Waals surface area contributed by atoms with Gasteiger partial charge in [-0.05, 0) is 61.6 Å². The molecule has 2 aliphatic carbocycles. The zero-order valence-corrected chi connectivity index (χ0v) is 15.5. The van der Waals surface area contributed by atoms with E-state index in [0.29, 0.717) is 34.5 Å². The van der Waals surface area contributed by atoms with Crippen LogP contribution in [0.15, 0.2) is 47.6 Å². The summed E-state index contributed by atoms with van der Waals surface area (Å²) in [5, 5.41) is 3.38. The highest BCUT2D eigenvalue weighted by atomic mass is 35.5. The highest BCUT2D eigenvalue weighted by Gasteiger charge is 2.38. The number of halogens is 1. The summed E-state index contributed by atoms with van der Waals surface area (Å²) in [5.41, 5.74) is 3.32. The molecule has 1 saturated carbocycles. The Morgan fingerprint density at radius 2 is 1.96 bits per heavy atom. The fraction of sp³-hybridized carbons (Fsp3) is 0.429. The molecule has 25 heavy (non-hydrogen) atoms. The van der Waals surface area contributed by atoms with Crippen LogP contribution >= 0.6 is 11.6 Å². The van der Waals surface area contributed by atoms with E-state index in [2.05, 4.69) is 18.8 Å². The largest absolute Gasteiger partial charge is 0.321 e. The number of fused-ring (bicyclic) bond motifs is 1. The summed E-state index contributed by atoms with van der Waals surface area (Å²) in [6.07, 6.45) is 3.34. The normalized spacial score (nSPS) is 26.2. The molecule has 3 rings (SSSR count). The third-order valence-corrected chi connectivity index (χ3v) is 6.11. The van der Waals surface area contributed by atoms with Crippen molar-refractivity contribution in [2.24, 2.45) is 17.8 Å². The average molecular weight is 358 g/mol. The molecule has 3 nitrogen and oxygen atoms in total. The van der Waals surface area contributed by atoms with Gasteiger partial charge < -0.3 is 5.32 Å². The molecule has 3 atom stereocenters. The monoisotopic (exact) mass is 357 g/mol. The molecule has 2 aliphatic rings. The molecule has 0 aliphatic heterocycles. The van der Waals surface area contributed by atoms with Gasteiger partial charge in [0.15, 0.2) is 5.78 Å². The lowest BCUT2D eigenvalue weighted by molar-refractivity contribution is -0.115. The van der Waals surface area contributed by atoms with Crippen molar-refractivity contribution in [3.8, 4) is 0 Å². The molecule has 0 aromatic heterocycles. The van der Waals surface area contributed by atoms with Crippen molar-refractivity contribution in [3.63, 3.8) is 0 Å².